The topological polar surface area (TPSA) is 93.4 Å². The van der Waals surface area contributed by atoms with E-state index in [0.29, 0.717) is 5.56 Å². The third kappa shape index (κ3) is 5.12. The zero-order valence-electron chi connectivity index (χ0n) is 13.9. The molecule has 0 bridgehead atoms. The lowest BCUT2D eigenvalue weighted by Gasteiger charge is -2.22. The van der Waals surface area contributed by atoms with Gasteiger partial charge in [-0.15, -0.1) is 0 Å². The van der Waals surface area contributed by atoms with E-state index >= 15 is 0 Å². The summed E-state index contributed by atoms with van der Waals surface area (Å²) in [7, 11) is 0. The number of carboxylic acids is 1. The molecule has 24 heavy (non-hydrogen) atoms. The number of amides is 1. The Balaban J connectivity index is 2.18. The van der Waals surface area contributed by atoms with Gasteiger partial charge in [-0.2, -0.15) is 5.10 Å². The Bertz CT molecular complexity index is 704. The van der Waals surface area contributed by atoms with E-state index in [2.05, 4.69) is 10.4 Å². The number of aromatic nitrogens is 2. The van der Waals surface area contributed by atoms with Crippen molar-refractivity contribution in [1.29, 1.82) is 0 Å². The van der Waals surface area contributed by atoms with Crippen LogP contribution in [0.1, 0.15) is 38.8 Å². The van der Waals surface area contributed by atoms with Crippen LogP contribution in [-0.2, 0) is 9.53 Å². The average Bonchev–Trinajstić information content (AvgIpc) is 2.94. The van der Waals surface area contributed by atoms with Crippen molar-refractivity contribution in [2.24, 2.45) is 0 Å². The highest BCUT2D eigenvalue weighted by atomic mass is 16.6. The first kappa shape index (κ1) is 17.5. The molecular formula is C17H21N3O4. The Labute approximate surface area is 140 Å². The van der Waals surface area contributed by atoms with Crippen LogP contribution in [0.2, 0.25) is 0 Å². The van der Waals surface area contributed by atoms with Crippen LogP contribution in [0.5, 0.6) is 0 Å². The van der Waals surface area contributed by atoms with Crippen LogP contribution in [0.25, 0.3) is 5.69 Å². The van der Waals surface area contributed by atoms with Crippen LogP contribution in [-0.4, -0.2) is 32.6 Å². The summed E-state index contributed by atoms with van der Waals surface area (Å²) in [5.41, 5.74) is 0.772. The molecule has 2 rings (SSSR count). The zero-order valence-corrected chi connectivity index (χ0v) is 13.9. The molecule has 0 radical (unpaired) electrons. The predicted octanol–water partition coefficient (Wildman–Crippen LogP) is 2.91. The number of hydrogen-bond donors (Lipinski definition) is 2. The molecule has 0 aliphatic heterocycles. The summed E-state index contributed by atoms with van der Waals surface area (Å²) < 4.78 is 6.82. The molecule has 1 atom stereocenters. The molecule has 7 nitrogen and oxygen atoms in total. The van der Waals surface area contributed by atoms with Gasteiger partial charge in [0.15, 0.2) is 0 Å². The smallest absolute Gasteiger partial charge is 0.408 e. The van der Waals surface area contributed by atoms with E-state index in [1.54, 1.807) is 31.6 Å². The lowest BCUT2D eigenvalue weighted by atomic mass is 10.1. The summed E-state index contributed by atoms with van der Waals surface area (Å²) in [5, 5.41) is 15.9. The van der Waals surface area contributed by atoms with E-state index < -0.39 is 23.7 Å². The first-order valence-electron chi connectivity index (χ1n) is 7.56. The highest BCUT2D eigenvalue weighted by Gasteiger charge is 2.23. The Hall–Kier alpha value is -2.83. The van der Waals surface area contributed by atoms with E-state index in [9.17, 15) is 9.59 Å². The first-order chi connectivity index (χ1) is 11.2. The number of carbonyl (C=O) groups is 2. The standard InChI is InChI=1S/C17H21N3O4/c1-17(2,3)24-16(23)19-14(9-15(21)22)12-10-18-20(11-12)13-7-5-4-6-8-13/h4-8,10-11,14H,9H2,1-3H3,(H,19,23)(H,21,22). The molecule has 0 aliphatic rings. The number of hydrogen-bond acceptors (Lipinski definition) is 4. The highest BCUT2D eigenvalue weighted by molar-refractivity contribution is 5.72. The Morgan fingerprint density at radius 1 is 1.29 bits per heavy atom. The third-order valence-electron chi connectivity index (χ3n) is 3.10. The van der Waals surface area contributed by atoms with Crippen molar-refractivity contribution in [3.8, 4) is 5.69 Å². The summed E-state index contributed by atoms with van der Waals surface area (Å²) in [6.07, 6.45) is 2.30. The number of carbonyl (C=O) groups excluding carboxylic acids is 1. The van der Waals surface area contributed by atoms with E-state index in [0.717, 1.165) is 5.69 Å². The van der Waals surface area contributed by atoms with Gasteiger partial charge in [0.2, 0.25) is 0 Å². The molecule has 0 saturated heterocycles. The quantitative estimate of drug-likeness (QED) is 0.878. The molecule has 128 valence electrons. The van der Waals surface area contributed by atoms with Gasteiger partial charge in [-0.3, -0.25) is 4.79 Å². The maximum absolute atomic E-state index is 11.9. The number of para-hydroxylation sites is 1. The monoisotopic (exact) mass is 331 g/mol. The summed E-state index contributed by atoms with van der Waals surface area (Å²) in [6, 6.07) is 8.68. The van der Waals surface area contributed by atoms with Gasteiger partial charge in [0.1, 0.15) is 5.60 Å². The minimum Gasteiger partial charge on any atom is -0.481 e. The summed E-state index contributed by atoms with van der Waals surface area (Å²) in [5.74, 6) is -1.02. The van der Waals surface area contributed by atoms with Crippen LogP contribution in [0.3, 0.4) is 0 Å². The van der Waals surface area contributed by atoms with Gasteiger partial charge >= 0.3 is 12.1 Å². The first-order valence-corrected chi connectivity index (χ1v) is 7.56. The second-order valence-corrected chi connectivity index (χ2v) is 6.35. The van der Waals surface area contributed by atoms with Crippen molar-refractivity contribution < 1.29 is 19.4 Å². The number of ether oxygens (including phenoxy) is 1. The van der Waals surface area contributed by atoms with Gasteiger partial charge in [-0.1, -0.05) is 18.2 Å². The number of nitrogens with zero attached hydrogens (tertiary/aromatic N) is 2. The van der Waals surface area contributed by atoms with E-state index in [4.69, 9.17) is 9.84 Å². The SMILES string of the molecule is CC(C)(C)OC(=O)NC(CC(=O)O)c1cnn(-c2ccccc2)c1. The van der Waals surface area contributed by atoms with E-state index in [1.165, 1.54) is 6.20 Å². The van der Waals surface area contributed by atoms with Crippen molar-refractivity contribution in [2.45, 2.75) is 38.8 Å². The van der Waals surface area contributed by atoms with Crippen molar-refractivity contribution in [3.63, 3.8) is 0 Å². The number of alkyl carbamates (subject to hydrolysis) is 1. The van der Waals surface area contributed by atoms with Crippen molar-refractivity contribution in [3.05, 3.63) is 48.3 Å². The van der Waals surface area contributed by atoms with E-state index in [-0.39, 0.29) is 6.42 Å². The molecule has 0 fully saturated rings. The third-order valence-corrected chi connectivity index (χ3v) is 3.10. The molecule has 1 amide bonds. The summed E-state index contributed by atoms with van der Waals surface area (Å²) in [4.78, 5) is 23.1. The van der Waals surface area contributed by atoms with Crippen LogP contribution >= 0.6 is 0 Å². The van der Waals surface area contributed by atoms with Gasteiger partial charge < -0.3 is 15.2 Å². The summed E-state index contributed by atoms with van der Waals surface area (Å²) >= 11 is 0. The second-order valence-electron chi connectivity index (χ2n) is 6.35. The molecule has 2 N–H and O–H groups in total. The Morgan fingerprint density at radius 3 is 2.54 bits per heavy atom. The van der Waals surface area contributed by atoms with Gasteiger partial charge in [0.25, 0.3) is 0 Å². The Morgan fingerprint density at radius 2 is 1.96 bits per heavy atom. The number of carboxylic acid groups (broad SMARTS) is 1. The van der Waals surface area contributed by atoms with Gasteiger partial charge in [0, 0.05) is 11.8 Å². The molecule has 1 unspecified atom stereocenters. The lowest BCUT2D eigenvalue weighted by Crippen LogP contribution is -2.35. The van der Waals surface area contributed by atoms with Crippen LogP contribution in [0.15, 0.2) is 42.7 Å². The number of benzene rings is 1. The molecule has 7 heteroatoms. The van der Waals surface area contributed by atoms with E-state index in [1.807, 2.05) is 30.3 Å². The zero-order chi connectivity index (χ0) is 17.7. The molecule has 0 aliphatic carbocycles. The maximum Gasteiger partial charge on any atom is 0.408 e. The van der Waals surface area contributed by atoms with Gasteiger partial charge in [-0.05, 0) is 32.9 Å². The van der Waals surface area contributed by atoms with Crippen LogP contribution in [0.4, 0.5) is 4.79 Å². The number of rotatable bonds is 5. The van der Waals surface area contributed by atoms with Crippen molar-refractivity contribution in [1.82, 2.24) is 15.1 Å². The van der Waals surface area contributed by atoms with Crippen LogP contribution in [0, 0.1) is 0 Å². The fraction of sp³-hybridized carbons (Fsp3) is 0.353. The molecule has 1 aromatic heterocycles. The highest BCUT2D eigenvalue weighted by Crippen LogP contribution is 2.19. The fourth-order valence-electron chi connectivity index (χ4n) is 2.12. The molecule has 0 spiro atoms. The molecule has 1 aromatic carbocycles. The largest absolute Gasteiger partial charge is 0.481 e. The fourth-order valence-corrected chi connectivity index (χ4v) is 2.12. The molecule has 1 heterocycles. The number of nitrogens with one attached hydrogen (secondary N) is 1. The van der Waals surface area contributed by atoms with Crippen molar-refractivity contribution in [2.75, 3.05) is 0 Å². The second kappa shape index (κ2) is 7.16. The van der Waals surface area contributed by atoms with Gasteiger partial charge in [-0.25, -0.2) is 9.48 Å². The normalized spacial score (nSPS) is 12.5. The average molecular weight is 331 g/mol. The summed E-state index contributed by atoms with van der Waals surface area (Å²) in [6.45, 7) is 5.23. The predicted molar refractivity (Wildman–Crippen MR) is 87.9 cm³/mol. The molecule has 0 saturated carbocycles. The maximum atomic E-state index is 11.9. The van der Waals surface area contributed by atoms with Crippen LogP contribution < -0.4 is 5.32 Å². The molecule has 2 aromatic rings. The molecular weight excluding hydrogens is 310 g/mol. The Kier molecular flexibility index (Phi) is 5.23. The van der Waals surface area contributed by atoms with Crippen molar-refractivity contribution >= 4 is 12.1 Å². The number of aliphatic carboxylic acids is 1. The minimum absolute atomic E-state index is 0.264. The minimum atomic E-state index is -1.02. The lowest BCUT2D eigenvalue weighted by molar-refractivity contribution is -0.137. The van der Waals surface area contributed by atoms with Gasteiger partial charge in [0.05, 0.1) is 24.3 Å².